The molecular formula is C17H18BrClN5OP. The molecular weight excluding hydrogens is 437 g/mol. The third kappa shape index (κ3) is 3.85. The molecule has 2 heterocycles. The second-order valence-electron chi connectivity index (χ2n) is 6.34. The highest BCUT2D eigenvalue weighted by Crippen LogP contribution is 2.40. The minimum absolute atomic E-state index is 0.135. The molecule has 0 aliphatic rings. The van der Waals surface area contributed by atoms with E-state index in [1.807, 2.05) is 43.0 Å². The Kier molecular flexibility index (Phi) is 5.24. The molecule has 26 heavy (non-hydrogen) atoms. The van der Waals surface area contributed by atoms with Gasteiger partial charge in [-0.05, 0) is 65.5 Å². The minimum Gasteiger partial charge on any atom is -0.339 e. The summed E-state index contributed by atoms with van der Waals surface area (Å²) in [7, 11) is -0.668. The van der Waals surface area contributed by atoms with Gasteiger partial charge in [-0.15, -0.1) is 0 Å². The lowest BCUT2D eigenvalue weighted by Crippen LogP contribution is -2.12. The van der Waals surface area contributed by atoms with Crippen molar-refractivity contribution < 1.29 is 4.57 Å². The summed E-state index contributed by atoms with van der Waals surface area (Å²) in [5.41, 5.74) is 3.74. The maximum Gasteiger partial charge on any atom is 0.224 e. The average molecular weight is 455 g/mol. The average Bonchev–Trinajstić information content (AvgIpc) is 2.89. The monoisotopic (exact) mass is 453 g/mol. The molecule has 0 aliphatic heterocycles. The summed E-state index contributed by atoms with van der Waals surface area (Å²) in [4.78, 5) is 8.11. The maximum absolute atomic E-state index is 12.9. The van der Waals surface area contributed by atoms with Crippen molar-refractivity contribution in [1.82, 2.24) is 19.7 Å². The van der Waals surface area contributed by atoms with Crippen molar-refractivity contribution in [3.05, 3.63) is 45.9 Å². The smallest absolute Gasteiger partial charge is 0.224 e. The lowest BCUT2D eigenvalue weighted by atomic mass is 10.1. The molecule has 0 bridgehead atoms. The highest BCUT2D eigenvalue weighted by Gasteiger charge is 2.20. The van der Waals surface area contributed by atoms with Gasteiger partial charge in [0.2, 0.25) is 5.28 Å². The van der Waals surface area contributed by atoms with Gasteiger partial charge in [-0.1, -0.05) is 6.07 Å². The number of nitrogens with zero attached hydrogens (tertiary/aromatic N) is 4. The van der Waals surface area contributed by atoms with Crippen LogP contribution in [0.1, 0.15) is 5.56 Å². The summed E-state index contributed by atoms with van der Waals surface area (Å²) in [5.74, 6) is 0.518. The molecule has 0 fully saturated rings. The van der Waals surface area contributed by atoms with Gasteiger partial charge in [-0.3, -0.25) is 4.68 Å². The van der Waals surface area contributed by atoms with Crippen molar-refractivity contribution in [3.63, 3.8) is 0 Å². The zero-order valence-corrected chi connectivity index (χ0v) is 18.0. The number of aryl methyl sites for hydroxylation is 2. The van der Waals surface area contributed by atoms with Crippen LogP contribution in [0.3, 0.4) is 0 Å². The molecule has 0 spiro atoms. The molecule has 0 unspecified atom stereocenters. The van der Waals surface area contributed by atoms with E-state index in [-0.39, 0.29) is 5.28 Å². The van der Waals surface area contributed by atoms with Gasteiger partial charge in [0, 0.05) is 24.1 Å². The number of nitrogens with one attached hydrogen (secondary N) is 1. The van der Waals surface area contributed by atoms with Crippen LogP contribution in [0.5, 0.6) is 0 Å². The Morgan fingerprint density at radius 2 is 2.00 bits per heavy atom. The van der Waals surface area contributed by atoms with E-state index in [9.17, 15) is 4.57 Å². The number of hydrogen-bond donors (Lipinski definition) is 1. The molecule has 3 rings (SSSR count). The molecule has 0 aliphatic carbocycles. The predicted octanol–water partition coefficient (Wildman–Crippen LogP) is 4.59. The molecule has 1 aromatic carbocycles. The molecule has 0 saturated heterocycles. The fraction of sp³-hybridized carbons (Fsp3) is 0.235. The van der Waals surface area contributed by atoms with E-state index in [4.69, 9.17) is 11.6 Å². The second-order valence-corrected chi connectivity index (χ2v) is 10.7. The summed E-state index contributed by atoms with van der Waals surface area (Å²) in [5, 5.41) is 8.37. The summed E-state index contributed by atoms with van der Waals surface area (Å²) in [6.45, 7) is 5.50. The predicted molar refractivity (Wildman–Crippen MR) is 110 cm³/mol. The van der Waals surface area contributed by atoms with Crippen LogP contribution < -0.4 is 10.6 Å². The Bertz CT molecular complexity index is 1010. The summed E-state index contributed by atoms with van der Waals surface area (Å²) in [6.07, 6.45) is 3.39. The zero-order valence-electron chi connectivity index (χ0n) is 14.8. The van der Waals surface area contributed by atoms with E-state index in [0.717, 1.165) is 27.8 Å². The largest absolute Gasteiger partial charge is 0.339 e. The minimum atomic E-state index is -2.56. The number of hydrogen-bond acceptors (Lipinski definition) is 5. The van der Waals surface area contributed by atoms with Gasteiger partial charge < -0.3 is 9.88 Å². The first-order chi connectivity index (χ1) is 12.2. The Hall–Kier alpha value is -1.69. The van der Waals surface area contributed by atoms with Crippen molar-refractivity contribution in [3.8, 4) is 11.3 Å². The van der Waals surface area contributed by atoms with Crippen LogP contribution in [0, 0.1) is 6.92 Å². The normalized spacial score (nSPS) is 11.6. The summed E-state index contributed by atoms with van der Waals surface area (Å²) in [6, 6.07) is 5.82. The second kappa shape index (κ2) is 7.14. The summed E-state index contributed by atoms with van der Waals surface area (Å²) < 4.78 is 15.4. The van der Waals surface area contributed by atoms with Crippen molar-refractivity contribution in [2.24, 2.45) is 7.05 Å². The molecule has 1 N–H and O–H groups in total. The fourth-order valence-electron chi connectivity index (χ4n) is 2.75. The Morgan fingerprint density at radius 3 is 2.62 bits per heavy atom. The van der Waals surface area contributed by atoms with Crippen LogP contribution in [-0.2, 0) is 11.6 Å². The zero-order chi connectivity index (χ0) is 19.1. The van der Waals surface area contributed by atoms with Crippen molar-refractivity contribution in [1.29, 1.82) is 0 Å². The number of halogens is 2. The van der Waals surface area contributed by atoms with Crippen LogP contribution in [0.4, 0.5) is 11.5 Å². The molecule has 136 valence electrons. The Balaban J connectivity index is 2.12. The quantitative estimate of drug-likeness (QED) is 0.461. The first-order valence-corrected chi connectivity index (χ1v) is 11.6. The van der Waals surface area contributed by atoms with E-state index in [1.165, 1.54) is 0 Å². The van der Waals surface area contributed by atoms with Gasteiger partial charge in [0.25, 0.3) is 0 Å². The lowest BCUT2D eigenvalue weighted by molar-refractivity contribution is 0.588. The third-order valence-corrected chi connectivity index (χ3v) is 6.23. The maximum atomic E-state index is 12.9. The van der Waals surface area contributed by atoms with E-state index < -0.39 is 7.14 Å². The first kappa shape index (κ1) is 19.1. The van der Waals surface area contributed by atoms with Crippen LogP contribution in [0.2, 0.25) is 5.28 Å². The van der Waals surface area contributed by atoms with E-state index >= 15 is 0 Å². The Labute approximate surface area is 165 Å². The van der Waals surface area contributed by atoms with Gasteiger partial charge in [0.1, 0.15) is 13.0 Å². The molecule has 0 saturated carbocycles. The van der Waals surface area contributed by atoms with Crippen LogP contribution >= 0.6 is 34.7 Å². The molecule has 0 amide bonds. The Morgan fingerprint density at radius 1 is 1.27 bits per heavy atom. The van der Waals surface area contributed by atoms with Crippen LogP contribution in [0.25, 0.3) is 11.3 Å². The molecule has 0 atom stereocenters. The van der Waals surface area contributed by atoms with Crippen LogP contribution in [0.15, 0.2) is 35.1 Å². The molecule has 3 aromatic rings. The van der Waals surface area contributed by atoms with E-state index in [1.54, 1.807) is 19.5 Å². The molecule has 0 radical (unpaired) electrons. The molecule has 2 aromatic heterocycles. The molecule has 6 nitrogen and oxygen atoms in total. The van der Waals surface area contributed by atoms with Gasteiger partial charge in [-0.25, -0.2) is 4.98 Å². The fourth-order valence-corrected chi connectivity index (χ4v) is 4.34. The number of rotatable bonds is 4. The highest BCUT2D eigenvalue weighted by atomic mass is 79.9. The van der Waals surface area contributed by atoms with Gasteiger partial charge in [0.15, 0.2) is 0 Å². The number of anilines is 2. The summed E-state index contributed by atoms with van der Waals surface area (Å²) >= 11 is 9.29. The van der Waals surface area contributed by atoms with E-state index in [2.05, 4.69) is 36.3 Å². The number of benzene rings is 1. The van der Waals surface area contributed by atoms with Gasteiger partial charge in [-0.2, -0.15) is 10.1 Å². The van der Waals surface area contributed by atoms with E-state index in [0.29, 0.717) is 10.3 Å². The van der Waals surface area contributed by atoms with Crippen LogP contribution in [-0.4, -0.2) is 33.1 Å². The van der Waals surface area contributed by atoms with Gasteiger partial charge in [0.05, 0.1) is 22.1 Å². The van der Waals surface area contributed by atoms with Crippen molar-refractivity contribution in [2.75, 3.05) is 18.6 Å². The third-order valence-electron chi connectivity index (χ3n) is 3.94. The number of aromatic nitrogens is 4. The van der Waals surface area contributed by atoms with Gasteiger partial charge >= 0.3 is 0 Å². The van der Waals surface area contributed by atoms with Crippen molar-refractivity contribution >= 4 is 51.5 Å². The van der Waals surface area contributed by atoms with Crippen molar-refractivity contribution in [2.45, 2.75) is 6.92 Å². The lowest BCUT2D eigenvalue weighted by Gasteiger charge is -2.17. The topological polar surface area (TPSA) is 72.7 Å². The first-order valence-electron chi connectivity index (χ1n) is 7.80. The molecule has 9 heteroatoms. The highest BCUT2D eigenvalue weighted by molar-refractivity contribution is 9.10. The standard InChI is InChI=1S/C17H18BrClN5OP/c1-10-8-21-24(2)15(10)11-5-6-13(14(7-11)26(3,4)25)22-16-12(18)9-20-17(19)23-16/h5-9H,1-4H3,(H,20,22,23). The SMILES string of the molecule is Cc1cnn(C)c1-c1ccc(Nc2nc(Cl)ncc2Br)c(P(C)(C)=O)c1.